The molecule has 33 heavy (non-hydrogen) atoms. The van der Waals surface area contributed by atoms with Gasteiger partial charge in [-0.3, -0.25) is 9.59 Å². The predicted octanol–water partition coefficient (Wildman–Crippen LogP) is 4.55. The molecule has 3 fully saturated rings. The van der Waals surface area contributed by atoms with Crippen LogP contribution in [0.4, 0.5) is 0 Å². The molecule has 0 spiro atoms. The molecule has 3 aliphatic carbocycles. The van der Waals surface area contributed by atoms with E-state index in [2.05, 4.69) is 32.3 Å². The number of ether oxygens (including phenoxy) is 2. The number of methoxy groups -OCH3 is 1. The minimum Gasteiger partial charge on any atom is -0.458 e. The first-order valence-electron chi connectivity index (χ1n) is 12.1. The fraction of sp³-hybridized carbons (Fsp3) is 0.667. The van der Waals surface area contributed by atoms with Crippen molar-refractivity contribution in [2.45, 2.75) is 72.0 Å². The molecule has 1 N–H and O–H groups in total. The normalized spacial score (nSPS) is 42.7. The second-order valence-electron chi connectivity index (χ2n) is 11.1. The summed E-state index contributed by atoms with van der Waals surface area (Å²) in [5, 5.41) is 0. The number of carbonyl (C=O) groups excluding carboxylic acids is 2. The highest BCUT2D eigenvalue weighted by Gasteiger charge is 2.68. The standard InChI is InChI=1S/C27H37NO5/c1-7-25(4)14-21(33-24(31)18-15-28-13-10-19(18)29)26(5)16(2)8-11-27(17(3)23(25)30)12-9-20(32-6)22(26)27/h7,10,13,15-17,20-22H,1,8-9,11-12,14H2,2-6H3,(H,28,29)/t16-,17+,20-,21-,22?,25-,26+,27?/m1/s1. The maximum atomic E-state index is 13.9. The summed E-state index contributed by atoms with van der Waals surface area (Å²) >= 11 is 0. The van der Waals surface area contributed by atoms with Crippen LogP contribution in [0.25, 0.3) is 0 Å². The number of hydrogen-bond donors (Lipinski definition) is 1. The molecule has 1 heterocycles. The van der Waals surface area contributed by atoms with Gasteiger partial charge in [-0.25, -0.2) is 4.79 Å². The van der Waals surface area contributed by atoms with Gasteiger partial charge in [0.15, 0.2) is 5.43 Å². The molecule has 0 aliphatic heterocycles. The van der Waals surface area contributed by atoms with Crippen molar-refractivity contribution in [1.82, 2.24) is 4.98 Å². The molecule has 0 saturated heterocycles. The average molecular weight is 456 g/mol. The Morgan fingerprint density at radius 3 is 2.55 bits per heavy atom. The van der Waals surface area contributed by atoms with Crippen LogP contribution in [0.5, 0.6) is 0 Å². The van der Waals surface area contributed by atoms with Crippen molar-refractivity contribution in [2.24, 2.45) is 34.0 Å². The van der Waals surface area contributed by atoms with Crippen molar-refractivity contribution in [3.8, 4) is 0 Å². The summed E-state index contributed by atoms with van der Waals surface area (Å²) in [4.78, 5) is 42.3. The van der Waals surface area contributed by atoms with Gasteiger partial charge in [-0.05, 0) is 43.9 Å². The maximum Gasteiger partial charge on any atom is 0.343 e. The van der Waals surface area contributed by atoms with E-state index in [1.165, 1.54) is 18.5 Å². The van der Waals surface area contributed by atoms with Crippen molar-refractivity contribution >= 4 is 11.8 Å². The van der Waals surface area contributed by atoms with Crippen molar-refractivity contribution in [1.29, 1.82) is 0 Å². The average Bonchev–Trinajstić information content (AvgIpc) is 3.20. The van der Waals surface area contributed by atoms with Gasteiger partial charge in [-0.15, -0.1) is 6.58 Å². The zero-order valence-electron chi connectivity index (χ0n) is 20.5. The van der Waals surface area contributed by atoms with Crippen LogP contribution in [0.1, 0.15) is 70.2 Å². The van der Waals surface area contributed by atoms with E-state index in [1.807, 2.05) is 6.92 Å². The zero-order valence-corrected chi connectivity index (χ0v) is 20.5. The molecule has 0 radical (unpaired) electrons. The number of carbonyl (C=O) groups is 2. The van der Waals surface area contributed by atoms with Crippen LogP contribution in [0.3, 0.4) is 0 Å². The highest BCUT2D eigenvalue weighted by Crippen LogP contribution is 2.68. The van der Waals surface area contributed by atoms with E-state index in [4.69, 9.17) is 9.47 Å². The minimum absolute atomic E-state index is 0.00224. The molecule has 0 aromatic carbocycles. The van der Waals surface area contributed by atoms with Gasteiger partial charge in [0.1, 0.15) is 17.5 Å². The molecular weight excluding hydrogens is 418 g/mol. The van der Waals surface area contributed by atoms with E-state index in [-0.39, 0.29) is 46.0 Å². The van der Waals surface area contributed by atoms with Gasteiger partial charge in [-0.2, -0.15) is 0 Å². The Kier molecular flexibility index (Phi) is 5.97. The lowest BCUT2D eigenvalue weighted by molar-refractivity contribution is -0.189. The van der Waals surface area contributed by atoms with E-state index in [1.54, 1.807) is 13.2 Å². The number of allylic oxidation sites excluding steroid dienone is 1. The Hall–Kier alpha value is -2.21. The summed E-state index contributed by atoms with van der Waals surface area (Å²) in [5.74, 6) is -0.280. The van der Waals surface area contributed by atoms with E-state index in [9.17, 15) is 14.4 Å². The Morgan fingerprint density at radius 1 is 1.21 bits per heavy atom. The smallest absolute Gasteiger partial charge is 0.343 e. The van der Waals surface area contributed by atoms with Crippen molar-refractivity contribution in [3.05, 3.63) is 46.9 Å². The molecule has 2 unspecified atom stereocenters. The quantitative estimate of drug-likeness (QED) is 0.532. The third kappa shape index (κ3) is 3.36. The Morgan fingerprint density at radius 2 is 1.91 bits per heavy atom. The summed E-state index contributed by atoms with van der Waals surface area (Å²) in [6.07, 6.45) is 8.15. The Balaban J connectivity index is 1.88. The van der Waals surface area contributed by atoms with Crippen LogP contribution in [0.2, 0.25) is 0 Å². The van der Waals surface area contributed by atoms with Gasteiger partial charge in [-0.1, -0.05) is 26.8 Å². The molecule has 180 valence electrons. The van der Waals surface area contributed by atoms with Gasteiger partial charge in [0.2, 0.25) is 0 Å². The van der Waals surface area contributed by atoms with Gasteiger partial charge in [0.05, 0.1) is 6.10 Å². The highest BCUT2D eigenvalue weighted by molar-refractivity contribution is 5.90. The first-order chi connectivity index (χ1) is 15.5. The summed E-state index contributed by atoms with van der Waals surface area (Å²) < 4.78 is 12.2. The van der Waals surface area contributed by atoms with Crippen LogP contribution in [0, 0.1) is 34.0 Å². The van der Waals surface area contributed by atoms with Crippen molar-refractivity contribution in [3.63, 3.8) is 0 Å². The topological polar surface area (TPSA) is 85.5 Å². The number of nitrogens with one attached hydrogen (secondary N) is 1. The number of Topliss-reactive ketones (excluding diaryl/α,β-unsaturated/α-hetero) is 1. The fourth-order valence-electron chi connectivity index (χ4n) is 7.56. The van der Waals surface area contributed by atoms with Crippen LogP contribution >= 0.6 is 0 Å². The van der Waals surface area contributed by atoms with Crippen LogP contribution in [0.15, 0.2) is 35.9 Å². The second kappa shape index (κ2) is 8.23. The summed E-state index contributed by atoms with van der Waals surface area (Å²) in [5.41, 5.74) is -1.83. The Labute approximate surface area is 196 Å². The fourth-order valence-corrected chi connectivity index (χ4v) is 7.56. The molecule has 8 atom stereocenters. The largest absolute Gasteiger partial charge is 0.458 e. The lowest BCUT2D eigenvalue weighted by Gasteiger charge is -2.61. The number of H-pyrrole nitrogens is 1. The van der Waals surface area contributed by atoms with Crippen LogP contribution in [-0.4, -0.2) is 36.1 Å². The molecule has 1 aromatic rings. The predicted molar refractivity (Wildman–Crippen MR) is 126 cm³/mol. The van der Waals surface area contributed by atoms with E-state index in [0.29, 0.717) is 6.42 Å². The van der Waals surface area contributed by atoms with E-state index in [0.717, 1.165) is 25.7 Å². The van der Waals surface area contributed by atoms with Crippen LogP contribution in [-0.2, 0) is 14.3 Å². The molecule has 6 nitrogen and oxygen atoms in total. The number of hydrogen-bond acceptors (Lipinski definition) is 5. The number of esters is 1. The summed E-state index contributed by atoms with van der Waals surface area (Å²) in [6.45, 7) is 12.4. The SMILES string of the molecule is C=C[C@]1(C)C[C@@H](OC(=O)c2c[nH]ccc2=O)[C@@]2(C)C3[C@H](OC)CCC3(CC[C@H]2C)[C@@H](C)C1=O. The Bertz CT molecular complexity index is 1020. The number of aromatic amines is 1. The number of ketones is 1. The molecule has 2 bridgehead atoms. The monoisotopic (exact) mass is 455 g/mol. The third-order valence-corrected chi connectivity index (χ3v) is 9.83. The lowest BCUT2D eigenvalue weighted by atomic mass is 9.44. The summed E-state index contributed by atoms with van der Waals surface area (Å²) in [6, 6.07) is 1.32. The molecule has 1 aromatic heterocycles. The highest BCUT2D eigenvalue weighted by atomic mass is 16.5. The first kappa shape index (κ1) is 23.9. The molecular formula is C27H37NO5. The van der Waals surface area contributed by atoms with Crippen molar-refractivity contribution < 1.29 is 19.1 Å². The lowest BCUT2D eigenvalue weighted by Crippen LogP contribution is -2.63. The van der Waals surface area contributed by atoms with E-state index >= 15 is 0 Å². The molecule has 0 amide bonds. The molecule has 4 rings (SSSR count). The van der Waals surface area contributed by atoms with Gasteiger partial charge in [0.25, 0.3) is 0 Å². The van der Waals surface area contributed by atoms with Gasteiger partial charge >= 0.3 is 5.97 Å². The number of rotatable bonds is 4. The number of pyridine rings is 1. The zero-order chi connectivity index (χ0) is 24.2. The molecule has 6 heteroatoms. The summed E-state index contributed by atoms with van der Waals surface area (Å²) in [7, 11) is 1.75. The second-order valence-corrected chi connectivity index (χ2v) is 11.1. The minimum atomic E-state index is -0.824. The molecule has 3 saturated carbocycles. The molecule has 3 aliphatic rings. The first-order valence-corrected chi connectivity index (χ1v) is 12.1. The number of aromatic nitrogens is 1. The van der Waals surface area contributed by atoms with E-state index < -0.39 is 22.9 Å². The van der Waals surface area contributed by atoms with Gasteiger partial charge in [0, 0.05) is 54.7 Å². The third-order valence-electron chi connectivity index (χ3n) is 9.83. The van der Waals surface area contributed by atoms with Crippen molar-refractivity contribution in [2.75, 3.05) is 7.11 Å². The van der Waals surface area contributed by atoms with Crippen LogP contribution < -0.4 is 5.43 Å². The van der Waals surface area contributed by atoms with Gasteiger partial charge < -0.3 is 14.5 Å². The maximum absolute atomic E-state index is 13.9.